The largest absolute Gasteiger partial charge is 0.326 e. The topological polar surface area (TPSA) is 99.3 Å². The minimum absolute atomic E-state index is 0.0594. The fraction of sp³-hybridized carbons (Fsp3) is 0.200. The molecule has 0 aliphatic carbocycles. The van der Waals surface area contributed by atoms with E-state index in [0.29, 0.717) is 28.3 Å². The highest BCUT2D eigenvalue weighted by Crippen LogP contribution is 2.11. The highest BCUT2D eigenvalue weighted by molar-refractivity contribution is 7.80. The van der Waals surface area contributed by atoms with E-state index in [-0.39, 0.29) is 16.9 Å². The van der Waals surface area contributed by atoms with Gasteiger partial charge in [0.15, 0.2) is 5.11 Å². The first-order valence-corrected chi connectivity index (χ1v) is 9.60. The van der Waals surface area contributed by atoms with Crippen molar-refractivity contribution in [3.63, 3.8) is 0 Å². The first kappa shape index (κ1) is 22.3. The number of halogens is 1. The number of carbonyl (C=O) groups excluding carboxylic acids is 3. The smallest absolute Gasteiger partial charge is 0.269 e. The Balaban J connectivity index is 1.82. The van der Waals surface area contributed by atoms with Crippen molar-refractivity contribution in [3.05, 3.63) is 64.7 Å². The van der Waals surface area contributed by atoms with Crippen LogP contribution in [0, 0.1) is 5.92 Å². The third kappa shape index (κ3) is 7.52. The molecule has 7 nitrogen and oxygen atoms in total. The Morgan fingerprint density at radius 3 is 2.03 bits per heavy atom. The van der Waals surface area contributed by atoms with Crippen molar-refractivity contribution in [1.82, 2.24) is 16.2 Å². The second-order valence-corrected chi connectivity index (χ2v) is 7.44. The summed E-state index contributed by atoms with van der Waals surface area (Å²) < 4.78 is 0. The van der Waals surface area contributed by atoms with Crippen molar-refractivity contribution in [1.29, 1.82) is 0 Å². The molecule has 0 fully saturated rings. The molecular formula is C20H21ClN4O3S. The zero-order valence-electron chi connectivity index (χ0n) is 15.9. The normalized spacial score (nSPS) is 10.2. The van der Waals surface area contributed by atoms with Crippen molar-refractivity contribution in [2.75, 3.05) is 5.32 Å². The first-order chi connectivity index (χ1) is 13.7. The van der Waals surface area contributed by atoms with Crippen LogP contribution in [0.1, 0.15) is 41.0 Å². The summed E-state index contributed by atoms with van der Waals surface area (Å²) >= 11 is 10.8. The van der Waals surface area contributed by atoms with E-state index in [1.54, 1.807) is 48.5 Å². The number of thiocarbonyl (C=S) groups is 1. The standard InChI is InChI=1S/C20H21ClN4O3S/c1-12(2)11-17(26)22-16-9-5-14(6-10-16)19(28)24-25-20(29)23-18(27)13-3-7-15(21)8-4-13/h3-10,12H,11H2,1-2H3,(H,22,26)(H,24,28)(H2,23,25,27,29). The molecule has 2 aromatic rings. The summed E-state index contributed by atoms with van der Waals surface area (Å²) in [4.78, 5) is 36.0. The Bertz CT molecular complexity index is 899. The maximum atomic E-state index is 12.2. The molecule has 9 heteroatoms. The van der Waals surface area contributed by atoms with Gasteiger partial charge in [0.05, 0.1) is 0 Å². The van der Waals surface area contributed by atoms with E-state index in [1.807, 2.05) is 13.8 Å². The lowest BCUT2D eigenvalue weighted by Gasteiger charge is -2.11. The summed E-state index contributed by atoms with van der Waals surface area (Å²) in [5, 5.41) is 5.67. The van der Waals surface area contributed by atoms with Crippen LogP contribution in [-0.2, 0) is 4.79 Å². The highest BCUT2D eigenvalue weighted by atomic mass is 35.5. The maximum Gasteiger partial charge on any atom is 0.269 e. The number of nitrogens with one attached hydrogen (secondary N) is 4. The number of benzene rings is 2. The molecule has 0 aliphatic heterocycles. The van der Waals surface area contributed by atoms with Crippen LogP contribution >= 0.6 is 23.8 Å². The molecule has 4 N–H and O–H groups in total. The summed E-state index contributed by atoms with van der Waals surface area (Å²) in [6, 6.07) is 12.7. The molecule has 29 heavy (non-hydrogen) atoms. The van der Waals surface area contributed by atoms with E-state index in [4.69, 9.17) is 23.8 Å². The highest BCUT2D eigenvalue weighted by Gasteiger charge is 2.10. The van der Waals surface area contributed by atoms with Crippen LogP contribution in [0.15, 0.2) is 48.5 Å². The molecule has 0 saturated carbocycles. The Labute approximate surface area is 179 Å². The van der Waals surface area contributed by atoms with Crippen molar-refractivity contribution < 1.29 is 14.4 Å². The third-order valence-electron chi connectivity index (χ3n) is 3.65. The van der Waals surface area contributed by atoms with Gasteiger partial charge in [-0.25, -0.2) is 0 Å². The summed E-state index contributed by atoms with van der Waals surface area (Å²) in [6.45, 7) is 3.92. The van der Waals surface area contributed by atoms with Crippen molar-refractivity contribution >= 4 is 52.3 Å². The van der Waals surface area contributed by atoms with E-state index >= 15 is 0 Å². The molecule has 0 saturated heterocycles. The molecule has 0 aliphatic rings. The van der Waals surface area contributed by atoms with Crippen molar-refractivity contribution in [2.24, 2.45) is 5.92 Å². The Morgan fingerprint density at radius 1 is 0.897 bits per heavy atom. The van der Waals surface area contributed by atoms with Gasteiger partial charge in [0.1, 0.15) is 0 Å². The molecule has 0 aromatic heterocycles. The average molecular weight is 433 g/mol. The zero-order valence-corrected chi connectivity index (χ0v) is 17.5. The number of carbonyl (C=O) groups is 3. The number of hydrogen-bond acceptors (Lipinski definition) is 4. The number of hydrogen-bond donors (Lipinski definition) is 4. The number of amides is 3. The molecule has 0 radical (unpaired) electrons. The number of hydrazine groups is 1. The van der Waals surface area contributed by atoms with E-state index in [2.05, 4.69) is 21.5 Å². The molecule has 2 rings (SSSR count). The van der Waals surface area contributed by atoms with Gasteiger partial charge in [-0.1, -0.05) is 25.4 Å². The lowest BCUT2D eigenvalue weighted by atomic mass is 10.1. The van der Waals surface area contributed by atoms with Gasteiger partial charge in [0, 0.05) is 28.3 Å². The Morgan fingerprint density at radius 2 is 1.45 bits per heavy atom. The van der Waals surface area contributed by atoms with Crippen LogP contribution in [0.3, 0.4) is 0 Å². The fourth-order valence-electron chi connectivity index (χ4n) is 2.28. The molecular weight excluding hydrogens is 412 g/mol. The van der Waals surface area contributed by atoms with E-state index in [9.17, 15) is 14.4 Å². The second kappa shape index (κ2) is 10.5. The monoisotopic (exact) mass is 432 g/mol. The minimum Gasteiger partial charge on any atom is -0.326 e. The van der Waals surface area contributed by atoms with Crippen LogP contribution in [0.2, 0.25) is 5.02 Å². The van der Waals surface area contributed by atoms with Crippen LogP contribution in [0.25, 0.3) is 0 Å². The first-order valence-electron chi connectivity index (χ1n) is 8.81. The quantitative estimate of drug-likeness (QED) is 0.429. The van der Waals surface area contributed by atoms with Gasteiger partial charge in [-0.2, -0.15) is 0 Å². The predicted octanol–water partition coefficient (Wildman–Crippen LogP) is 3.27. The van der Waals surface area contributed by atoms with Gasteiger partial charge in [-0.05, 0) is 66.7 Å². The molecule has 3 amide bonds. The Hall–Kier alpha value is -2.97. The van der Waals surface area contributed by atoms with Crippen molar-refractivity contribution in [3.8, 4) is 0 Å². The van der Waals surface area contributed by atoms with Crippen LogP contribution < -0.4 is 21.5 Å². The van der Waals surface area contributed by atoms with Gasteiger partial charge >= 0.3 is 0 Å². The third-order valence-corrected chi connectivity index (χ3v) is 4.10. The van der Waals surface area contributed by atoms with Gasteiger partial charge < -0.3 is 5.32 Å². The van der Waals surface area contributed by atoms with E-state index in [1.165, 1.54) is 0 Å². The van der Waals surface area contributed by atoms with Gasteiger partial charge in [0.2, 0.25) is 5.91 Å². The summed E-state index contributed by atoms with van der Waals surface area (Å²) in [5.74, 6) is -0.709. The molecule has 0 bridgehead atoms. The summed E-state index contributed by atoms with van der Waals surface area (Å²) in [5.41, 5.74) is 6.19. The second-order valence-electron chi connectivity index (χ2n) is 6.59. The van der Waals surface area contributed by atoms with Crippen LogP contribution in [0.4, 0.5) is 5.69 Å². The fourth-order valence-corrected chi connectivity index (χ4v) is 2.55. The molecule has 152 valence electrons. The molecule has 0 atom stereocenters. The SMILES string of the molecule is CC(C)CC(=O)Nc1ccc(C(=O)NNC(=S)NC(=O)c2ccc(Cl)cc2)cc1. The zero-order chi connectivity index (χ0) is 21.4. The summed E-state index contributed by atoms with van der Waals surface area (Å²) in [6.07, 6.45) is 0.422. The van der Waals surface area contributed by atoms with Gasteiger partial charge in [-0.3, -0.25) is 30.6 Å². The molecule has 0 unspecified atom stereocenters. The lowest BCUT2D eigenvalue weighted by molar-refractivity contribution is -0.116. The maximum absolute atomic E-state index is 12.2. The lowest BCUT2D eigenvalue weighted by Crippen LogP contribution is -2.48. The average Bonchev–Trinajstić information content (AvgIpc) is 2.66. The van der Waals surface area contributed by atoms with Gasteiger partial charge in [0.25, 0.3) is 11.8 Å². The van der Waals surface area contributed by atoms with Crippen LogP contribution in [-0.4, -0.2) is 22.8 Å². The Kier molecular flexibility index (Phi) is 8.11. The minimum atomic E-state index is -0.451. The summed E-state index contributed by atoms with van der Waals surface area (Å²) in [7, 11) is 0. The van der Waals surface area contributed by atoms with Crippen LogP contribution in [0.5, 0.6) is 0 Å². The molecule has 0 spiro atoms. The number of rotatable bonds is 5. The number of anilines is 1. The molecule has 0 heterocycles. The van der Waals surface area contributed by atoms with E-state index < -0.39 is 11.8 Å². The van der Waals surface area contributed by atoms with Gasteiger partial charge in [-0.15, -0.1) is 0 Å². The predicted molar refractivity (Wildman–Crippen MR) is 117 cm³/mol. The van der Waals surface area contributed by atoms with Crippen molar-refractivity contribution in [2.45, 2.75) is 20.3 Å². The van der Waals surface area contributed by atoms with E-state index in [0.717, 1.165) is 0 Å². The molecule has 2 aromatic carbocycles.